The Morgan fingerprint density at radius 2 is 1.78 bits per heavy atom. The molecule has 2 amide bonds. The molecule has 6 heteroatoms. The first-order valence-electron chi connectivity index (χ1n) is 9.07. The number of thioether (sulfide) groups is 1. The zero-order chi connectivity index (χ0) is 19.4. The van der Waals surface area contributed by atoms with Crippen molar-refractivity contribution in [3.05, 3.63) is 60.2 Å². The van der Waals surface area contributed by atoms with Crippen LogP contribution in [-0.2, 0) is 9.59 Å². The molecule has 1 aliphatic rings. The molecule has 1 saturated heterocycles. The van der Waals surface area contributed by atoms with Crippen LogP contribution >= 0.6 is 11.8 Å². The van der Waals surface area contributed by atoms with Gasteiger partial charge in [0.05, 0.1) is 5.25 Å². The maximum atomic E-state index is 12.9. The van der Waals surface area contributed by atoms with E-state index in [0.717, 1.165) is 10.6 Å². The number of nitrogens with one attached hydrogen (secondary N) is 1. The Kier molecular flexibility index (Phi) is 6.19. The molecular weight excluding hydrogens is 358 g/mol. The number of rotatable bonds is 5. The lowest BCUT2D eigenvalue weighted by Gasteiger charge is -2.21. The van der Waals surface area contributed by atoms with Crippen molar-refractivity contribution in [1.29, 1.82) is 0 Å². The molecule has 0 saturated carbocycles. The van der Waals surface area contributed by atoms with E-state index in [2.05, 4.69) is 17.4 Å². The molecule has 1 aliphatic heterocycles. The predicted molar refractivity (Wildman–Crippen MR) is 110 cm³/mol. The highest BCUT2D eigenvalue weighted by molar-refractivity contribution is 8.00. The predicted octanol–water partition coefficient (Wildman–Crippen LogP) is 3.08. The van der Waals surface area contributed by atoms with Gasteiger partial charge in [0.2, 0.25) is 11.8 Å². The van der Waals surface area contributed by atoms with Gasteiger partial charge in [-0.25, -0.2) is 0 Å². The van der Waals surface area contributed by atoms with Crippen LogP contribution in [0.5, 0.6) is 0 Å². The second-order valence-electron chi connectivity index (χ2n) is 6.89. The van der Waals surface area contributed by atoms with Crippen LogP contribution < -0.4 is 11.1 Å². The van der Waals surface area contributed by atoms with Crippen molar-refractivity contribution in [1.82, 2.24) is 4.90 Å². The van der Waals surface area contributed by atoms with Crippen LogP contribution in [0.2, 0.25) is 0 Å². The number of benzene rings is 2. The first kappa shape index (κ1) is 19.5. The highest BCUT2D eigenvalue weighted by atomic mass is 32.2. The van der Waals surface area contributed by atoms with Crippen molar-refractivity contribution in [2.75, 3.05) is 18.4 Å². The van der Waals surface area contributed by atoms with Gasteiger partial charge < -0.3 is 16.0 Å². The summed E-state index contributed by atoms with van der Waals surface area (Å²) in [6.07, 6.45) is 0. The molecule has 1 fully saturated rings. The zero-order valence-electron chi connectivity index (χ0n) is 15.6. The van der Waals surface area contributed by atoms with Gasteiger partial charge in [-0.3, -0.25) is 9.59 Å². The molecule has 1 heterocycles. The minimum absolute atomic E-state index is 0.0366. The molecule has 0 aliphatic carbocycles. The van der Waals surface area contributed by atoms with Crippen LogP contribution in [0.3, 0.4) is 0 Å². The molecule has 27 heavy (non-hydrogen) atoms. The number of anilines is 1. The molecule has 1 unspecified atom stereocenters. The maximum absolute atomic E-state index is 12.9. The third-order valence-corrected chi connectivity index (χ3v) is 5.84. The van der Waals surface area contributed by atoms with Gasteiger partial charge in [0.25, 0.3) is 0 Å². The summed E-state index contributed by atoms with van der Waals surface area (Å²) in [5.74, 6) is 0.196. The van der Waals surface area contributed by atoms with E-state index in [1.165, 1.54) is 24.2 Å². The van der Waals surface area contributed by atoms with Crippen molar-refractivity contribution in [3.63, 3.8) is 0 Å². The van der Waals surface area contributed by atoms with Crippen molar-refractivity contribution >= 4 is 29.3 Å². The fourth-order valence-electron chi connectivity index (χ4n) is 3.39. The van der Waals surface area contributed by atoms with Gasteiger partial charge in [-0.1, -0.05) is 30.3 Å². The minimum Gasteiger partial charge on any atom is -0.339 e. The Labute approximate surface area is 164 Å². The van der Waals surface area contributed by atoms with Crippen LogP contribution in [0.4, 0.5) is 5.69 Å². The van der Waals surface area contributed by atoms with Crippen LogP contribution in [0.1, 0.15) is 25.3 Å². The summed E-state index contributed by atoms with van der Waals surface area (Å²) in [4.78, 5) is 26.8. The van der Waals surface area contributed by atoms with Crippen molar-refractivity contribution < 1.29 is 9.59 Å². The Morgan fingerprint density at radius 1 is 1.11 bits per heavy atom. The number of amides is 2. The lowest BCUT2D eigenvalue weighted by atomic mass is 9.95. The van der Waals surface area contributed by atoms with Gasteiger partial charge in [-0.2, -0.15) is 0 Å². The number of carbonyl (C=O) groups excluding carboxylic acids is 2. The molecule has 3 N–H and O–H groups in total. The van der Waals surface area contributed by atoms with Crippen molar-refractivity contribution in [2.45, 2.75) is 36.0 Å². The normalized spacial score (nSPS) is 20.3. The summed E-state index contributed by atoms with van der Waals surface area (Å²) in [5.41, 5.74) is 8.25. The fourth-order valence-corrected chi connectivity index (χ4v) is 4.34. The molecule has 0 spiro atoms. The van der Waals surface area contributed by atoms with E-state index in [0.29, 0.717) is 13.1 Å². The van der Waals surface area contributed by atoms with Gasteiger partial charge in [-0.15, -0.1) is 11.8 Å². The molecule has 0 bridgehead atoms. The van der Waals surface area contributed by atoms with E-state index >= 15 is 0 Å². The summed E-state index contributed by atoms with van der Waals surface area (Å²) < 4.78 is 0. The van der Waals surface area contributed by atoms with E-state index in [1.54, 1.807) is 0 Å². The summed E-state index contributed by atoms with van der Waals surface area (Å²) >= 11 is 1.52. The number of nitrogens with zero attached hydrogens (tertiary/aromatic N) is 1. The molecule has 5 nitrogen and oxygen atoms in total. The number of carbonyl (C=O) groups is 2. The SMILES string of the molecule is CC(=O)Nc1ccc(SC(C)C(=O)N2C[C@@H](N)[C@H](c3ccccc3)C2)cc1. The summed E-state index contributed by atoms with van der Waals surface area (Å²) in [5, 5.41) is 2.54. The van der Waals surface area contributed by atoms with Gasteiger partial charge >= 0.3 is 0 Å². The summed E-state index contributed by atoms with van der Waals surface area (Å²) in [7, 11) is 0. The van der Waals surface area contributed by atoms with Crippen molar-refractivity contribution in [2.24, 2.45) is 5.73 Å². The zero-order valence-corrected chi connectivity index (χ0v) is 16.4. The van der Waals surface area contributed by atoms with E-state index in [9.17, 15) is 9.59 Å². The molecule has 142 valence electrons. The molecular formula is C21H25N3O2S. The molecule has 0 radical (unpaired) electrons. The number of hydrogen-bond donors (Lipinski definition) is 2. The number of likely N-dealkylation sites (tertiary alicyclic amines) is 1. The fraction of sp³-hybridized carbons (Fsp3) is 0.333. The monoisotopic (exact) mass is 383 g/mol. The highest BCUT2D eigenvalue weighted by Crippen LogP contribution is 2.30. The quantitative estimate of drug-likeness (QED) is 0.778. The average molecular weight is 384 g/mol. The molecule has 2 aromatic rings. The van der Waals surface area contributed by atoms with E-state index in [-0.39, 0.29) is 29.0 Å². The van der Waals surface area contributed by atoms with E-state index in [4.69, 9.17) is 5.73 Å². The topological polar surface area (TPSA) is 75.4 Å². The second-order valence-corrected chi connectivity index (χ2v) is 8.30. The number of hydrogen-bond acceptors (Lipinski definition) is 4. The molecule has 3 atom stereocenters. The van der Waals surface area contributed by atoms with Gasteiger partial charge in [-0.05, 0) is 36.8 Å². The number of nitrogens with two attached hydrogens (primary N) is 1. The first-order valence-corrected chi connectivity index (χ1v) is 9.95. The van der Waals surface area contributed by atoms with Crippen LogP contribution in [0, 0.1) is 0 Å². The van der Waals surface area contributed by atoms with E-state index in [1.807, 2.05) is 54.3 Å². The van der Waals surface area contributed by atoms with Crippen LogP contribution in [0.15, 0.2) is 59.5 Å². The Morgan fingerprint density at radius 3 is 2.41 bits per heavy atom. The Balaban J connectivity index is 1.60. The average Bonchev–Trinajstić information content (AvgIpc) is 3.04. The van der Waals surface area contributed by atoms with Crippen LogP contribution in [0.25, 0.3) is 0 Å². The summed E-state index contributed by atoms with van der Waals surface area (Å²) in [6, 6.07) is 17.7. The second kappa shape index (κ2) is 8.59. The smallest absolute Gasteiger partial charge is 0.235 e. The maximum Gasteiger partial charge on any atom is 0.235 e. The standard InChI is InChI=1S/C21H25N3O2S/c1-14(27-18-10-8-17(9-11-18)23-15(2)25)21(26)24-12-19(20(22)13-24)16-6-4-3-5-7-16/h3-11,14,19-20H,12-13,22H2,1-2H3,(H,23,25)/t14?,19-,20+/m0/s1. The first-order chi connectivity index (χ1) is 12.9. The van der Waals surface area contributed by atoms with Crippen LogP contribution in [-0.4, -0.2) is 41.1 Å². The third kappa shape index (κ3) is 4.90. The Hall–Kier alpha value is -2.31. The minimum atomic E-state index is -0.196. The van der Waals surface area contributed by atoms with Crippen molar-refractivity contribution in [3.8, 4) is 0 Å². The lowest BCUT2D eigenvalue weighted by Crippen LogP contribution is -2.36. The molecule has 3 rings (SSSR count). The van der Waals surface area contributed by atoms with Gasteiger partial charge in [0.1, 0.15) is 0 Å². The molecule has 0 aromatic heterocycles. The highest BCUT2D eigenvalue weighted by Gasteiger charge is 2.35. The van der Waals surface area contributed by atoms with Gasteiger partial charge in [0.15, 0.2) is 0 Å². The lowest BCUT2D eigenvalue weighted by molar-refractivity contribution is -0.129. The van der Waals surface area contributed by atoms with Gasteiger partial charge in [0, 0.05) is 42.6 Å². The largest absolute Gasteiger partial charge is 0.339 e. The van der Waals surface area contributed by atoms with E-state index < -0.39 is 0 Å². The Bertz CT molecular complexity index is 795. The summed E-state index contributed by atoms with van der Waals surface area (Å²) in [6.45, 7) is 4.66. The third-order valence-electron chi connectivity index (χ3n) is 4.74. The molecule has 2 aromatic carbocycles.